The minimum atomic E-state index is 0.506. The summed E-state index contributed by atoms with van der Waals surface area (Å²) in [6, 6.07) is 5.58. The van der Waals surface area contributed by atoms with Crippen LogP contribution in [0.25, 0.3) is 11.0 Å². The van der Waals surface area contributed by atoms with Gasteiger partial charge in [-0.25, -0.2) is 4.98 Å². The van der Waals surface area contributed by atoms with Gasteiger partial charge in [0.2, 0.25) is 5.95 Å². The summed E-state index contributed by atoms with van der Waals surface area (Å²) in [7, 11) is 0. The van der Waals surface area contributed by atoms with E-state index < -0.39 is 0 Å². The van der Waals surface area contributed by atoms with Crippen LogP contribution in [0, 0.1) is 0 Å². The molecule has 1 aromatic heterocycles. The number of unbranched alkanes of at least 4 members (excludes halogenated alkanes) is 1. The molecule has 1 heterocycles. The summed E-state index contributed by atoms with van der Waals surface area (Å²) >= 11 is 5.99. The molecular weight excluding hydrogens is 250 g/mol. The molecule has 0 radical (unpaired) electrons. The van der Waals surface area contributed by atoms with Crippen LogP contribution in [0.3, 0.4) is 0 Å². The smallest absolute Gasteiger partial charge is 0.201 e. The molecule has 0 atom stereocenters. The lowest BCUT2D eigenvalue weighted by molar-refractivity contribution is 0.124. The predicted octanol–water partition coefficient (Wildman–Crippen LogP) is 3.09. The summed E-state index contributed by atoms with van der Waals surface area (Å²) in [6.07, 6.45) is 2.23. The monoisotopic (exact) mass is 267 g/mol. The van der Waals surface area contributed by atoms with Crippen LogP contribution in [-0.4, -0.2) is 22.8 Å². The molecule has 2 N–H and O–H groups in total. The van der Waals surface area contributed by atoms with Crippen LogP contribution in [0.2, 0.25) is 5.02 Å². The lowest BCUT2D eigenvalue weighted by Crippen LogP contribution is -2.09. The van der Waals surface area contributed by atoms with Crippen molar-refractivity contribution in [3.63, 3.8) is 0 Å². The average Bonchev–Trinajstić information content (AvgIpc) is 2.65. The van der Waals surface area contributed by atoms with Crippen molar-refractivity contribution in [1.82, 2.24) is 9.55 Å². The summed E-state index contributed by atoms with van der Waals surface area (Å²) in [5, 5.41) is 0.690. The number of benzene rings is 1. The number of anilines is 1. The van der Waals surface area contributed by atoms with E-state index >= 15 is 0 Å². The summed E-state index contributed by atoms with van der Waals surface area (Å²) < 4.78 is 7.48. The number of rotatable bonds is 6. The topological polar surface area (TPSA) is 53.1 Å². The second kappa shape index (κ2) is 6.07. The van der Waals surface area contributed by atoms with Gasteiger partial charge in [0.05, 0.1) is 17.6 Å². The Hall–Kier alpha value is -1.26. The fourth-order valence-corrected chi connectivity index (χ4v) is 2.02. The van der Waals surface area contributed by atoms with Crippen LogP contribution in [0.15, 0.2) is 18.2 Å². The average molecular weight is 268 g/mol. The zero-order valence-electron chi connectivity index (χ0n) is 10.5. The maximum atomic E-state index is 5.99. The van der Waals surface area contributed by atoms with Crippen molar-refractivity contribution < 1.29 is 4.74 Å². The van der Waals surface area contributed by atoms with Crippen molar-refractivity contribution >= 4 is 28.6 Å². The molecule has 18 heavy (non-hydrogen) atoms. The minimum Gasteiger partial charge on any atom is -0.380 e. The van der Waals surface area contributed by atoms with E-state index in [-0.39, 0.29) is 0 Å². The largest absolute Gasteiger partial charge is 0.380 e. The minimum absolute atomic E-state index is 0.506. The molecule has 0 amide bonds. The molecular formula is C13H18ClN3O. The van der Waals surface area contributed by atoms with Crippen LogP contribution in [0.5, 0.6) is 0 Å². The normalized spacial score (nSPS) is 11.2. The molecule has 1 aromatic carbocycles. The molecule has 0 fully saturated rings. The highest BCUT2D eigenvalue weighted by molar-refractivity contribution is 6.31. The first-order valence-electron chi connectivity index (χ1n) is 6.21. The number of nitrogens with two attached hydrogens (primary N) is 1. The number of nitrogen functional groups attached to an aromatic ring is 1. The van der Waals surface area contributed by atoms with Crippen LogP contribution >= 0.6 is 11.6 Å². The number of halogens is 1. The molecule has 2 rings (SSSR count). The van der Waals surface area contributed by atoms with Crippen LogP contribution in [-0.2, 0) is 11.3 Å². The highest BCUT2D eigenvalue weighted by Gasteiger charge is 2.08. The second-order valence-corrected chi connectivity index (χ2v) is 4.66. The van der Waals surface area contributed by atoms with Gasteiger partial charge in [-0.1, -0.05) is 24.9 Å². The molecule has 0 aliphatic rings. The van der Waals surface area contributed by atoms with Crippen LogP contribution in [0.1, 0.15) is 19.8 Å². The zero-order chi connectivity index (χ0) is 13.0. The van der Waals surface area contributed by atoms with E-state index in [9.17, 15) is 0 Å². The Labute approximate surface area is 112 Å². The number of hydrogen-bond donors (Lipinski definition) is 1. The van der Waals surface area contributed by atoms with Crippen molar-refractivity contribution in [1.29, 1.82) is 0 Å². The lowest BCUT2D eigenvalue weighted by atomic mass is 10.3. The molecule has 0 saturated carbocycles. The third-order valence-electron chi connectivity index (χ3n) is 2.84. The maximum Gasteiger partial charge on any atom is 0.201 e. The highest BCUT2D eigenvalue weighted by Crippen LogP contribution is 2.21. The Morgan fingerprint density at radius 2 is 2.22 bits per heavy atom. The van der Waals surface area contributed by atoms with E-state index in [1.165, 1.54) is 0 Å². The molecule has 4 nitrogen and oxygen atoms in total. The van der Waals surface area contributed by atoms with Gasteiger partial charge in [-0.3, -0.25) is 0 Å². The first kappa shape index (κ1) is 13.2. The predicted molar refractivity (Wildman–Crippen MR) is 74.9 cm³/mol. The number of nitrogens with zero attached hydrogens (tertiary/aromatic N) is 2. The molecule has 0 unspecified atom stereocenters. The first-order chi connectivity index (χ1) is 8.72. The Balaban J connectivity index is 2.07. The fraction of sp³-hybridized carbons (Fsp3) is 0.462. The van der Waals surface area contributed by atoms with Gasteiger partial charge in [0.1, 0.15) is 0 Å². The SMILES string of the molecule is CCCCOCCn1c(N)nc2ccc(Cl)cc21. The Morgan fingerprint density at radius 1 is 1.39 bits per heavy atom. The number of aromatic nitrogens is 2. The molecule has 0 spiro atoms. The lowest BCUT2D eigenvalue weighted by Gasteiger charge is -2.07. The van der Waals surface area contributed by atoms with Crippen molar-refractivity contribution in [3.8, 4) is 0 Å². The number of ether oxygens (including phenoxy) is 1. The molecule has 0 aliphatic heterocycles. The van der Waals surface area contributed by atoms with Crippen LogP contribution < -0.4 is 5.73 Å². The fourth-order valence-electron chi connectivity index (χ4n) is 1.85. The van der Waals surface area contributed by atoms with Crippen molar-refractivity contribution in [2.75, 3.05) is 18.9 Å². The van der Waals surface area contributed by atoms with Gasteiger partial charge in [0, 0.05) is 18.2 Å². The summed E-state index contributed by atoms with van der Waals surface area (Å²) in [4.78, 5) is 4.30. The Kier molecular flexibility index (Phi) is 4.44. The highest BCUT2D eigenvalue weighted by atomic mass is 35.5. The van der Waals surface area contributed by atoms with E-state index in [1.807, 2.05) is 22.8 Å². The van der Waals surface area contributed by atoms with Gasteiger partial charge >= 0.3 is 0 Å². The van der Waals surface area contributed by atoms with Crippen LogP contribution in [0.4, 0.5) is 5.95 Å². The van der Waals surface area contributed by atoms with E-state index in [4.69, 9.17) is 22.1 Å². The van der Waals surface area contributed by atoms with Gasteiger partial charge in [-0.2, -0.15) is 0 Å². The van der Waals surface area contributed by atoms with E-state index in [0.717, 1.165) is 30.5 Å². The Bertz CT molecular complexity index is 524. The van der Waals surface area contributed by atoms with Crippen molar-refractivity contribution in [2.45, 2.75) is 26.3 Å². The van der Waals surface area contributed by atoms with Gasteiger partial charge in [-0.15, -0.1) is 0 Å². The number of imidazole rings is 1. The number of hydrogen-bond acceptors (Lipinski definition) is 3. The summed E-state index contributed by atoms with van der Waals surface area (Å²) in [6.45, 7) is 4.28. The summed E-state index contributed by atoms with van der Waals surface area (Å²) in [5.74, 6) is 0.506. The first-order valence-corrected chi connectivity index (χ1v) is 6.59. The number of fused-ring (bicyclic) bond motifs is 1. The van der Waals surface area contributed by atoms with Gasteiger partial charge in [0.25, 0.3) is 0 Å². The van der Waals surface area contributed by atoms with Gasteiger partial charge < -0.3 is 15.0 Å². The van der Waals surface area contributed by atoms with Crippen molar-refractivity contribution in [3.05, 3.63) is 23.2 Å². The molecule has 0 saturated heterocycles. The maximum absolute atomic E-state index is 5.99. The molecule has 2 aromatic rings. The van der Waals surface area contributed by atoms with Crippen molar-refractivity contribution in [2.24, 2.45) is 0 Å². The molecule has 0 aliphatic carbocycles. The van der Waals surface area contributed by atoms with E-state index in [0.29, 0.717) is 24.1 Å². The summed E-state index contributed by atoms with van der Waals surface area (Å²) in [5.41, 5.74) is 7.72. The molecule has 5 heteroatoms. The molecule has 98 valence electrons. The third-order valence-corrected chi connectivity index (χ3v) is 3.08. The molecule has 0 bridgehead atoms. The van der Waals surface area contributed by atoms with E-state index in [2.05, 4.69) is 11.9 Å². The Morgan fingerprint density at radius 3 is 3.00 bits per heavy atom. The van der Waals surface area contributed by atoms with E-state index in [1.54, 1.807) is 0 Å². The zero-order valence-corrected chi connectivity index (χ0v) is 11.3. The second-order valence-electron chi connectivity index (χ2n) is 4.22. The quantitative estimate of drug-likeness (QED) is 0.819. The third kappa shape index (κ3) is 2.94. The van der Waals surface area contributed by atoms with Gasteiger partial charge in [0.15, 0.2) is 0 Å². The van der Waals surface area contributed by atoms with Gasteiger partial charge in [-0.05, 0) is 24.6 Å². The standard InChI is InChI=1S/C13H18ClN3O/c1-2-3-7-18-8-6-17-12-9-10(14)4-5-11(12)16-13(17)15/h4-5,9H,2-3,6-8H2,1H3,(H2,15,16).